The van der Waals surface area contributed by atoms with Crippen molar-refractivity contribution in [3.05, 3.63) is 144 Å². The van der Waals surface area contributed by atoms with Gasteiger partial charge in [0.1, 0.15) is 11.2 Å². The van der Waals surface area contributed by atoms with Gasteiger partial charge in [0.15, 0.2) is 10.8 Å². The van der Waals surface area contributed by atoms with Gasteiger partial charge in [0.05, 0.1) is 0 Å². The molecule has 4 aromatic carbocycles. The van der Waals surface area contributed by atoms with Gasteiger partial charge in [-0.15, -0.1) is 0 Å². The Morgan fingerprint density at radius 2 is 0.632 bits per heavy atom. The van der Waals surface area contributed by atoms with Gasteiger partial charge in [0.25, 0.3) is 0 Å². The molecule has 38 heavy (non-hydrogen) atoms. The molecule has 3 fully saturated rings. The summed E-state index contributed by atoms with van der Waals surface area (Å²) in [7, 11) is 0. The number of carbonyl (C=O) groups excluding carboxylic acids is 2. The Hall–Kier alpha value is -4.18. The molecule has 2 heterocycles. The molecule has 4 aromatic rings. The molecule has 0 unspecified atom stereocenters. The maximum Gasteiger partial charge on any atom is 0.325 e. The predicted molar refractivity (Wildman–Crippen MR) is 143 cm³/mol. The van der Waals surface area contributed by atoms with Crippen LogP contribution in [0.1, 0.15) is 47.9 Å². The van der Waals surface area contributed by atoms with Crippen LogP contribution in [0.5, 0.6) is 0 Å². The van der Waals surface area contributed by atoms with Crippen molar-refractivity contribution in [2.75, 3.05) is 0 Å². The minimum atomic E-state index is -0.896. The molecule has 0 N–H and O–H groups in total. The van der Waals surface area contributed by atoms with Gasteiger partial charge < -0.3 is 9.47 Å². The quantitative estimate of drug-likeness (QED) is 0.317. The number of esters is 2. The van der Waals surface area contributed by atoms with Crippen molar-refractivity contribution in [2.45, 2.75) is 47.7 Å². The number of ether oxygens (including phenoxy) is 2. The second-order valence-corrected chi connectivity index (χ2v) is 10.7. The van der Waals surface area contributed by atoms with Crippen LogP contribution in [0.3, 0.4) is 0 Å². The molecule has 0 amide bonds. The SMILES string of the molecule is O=C1OC2(CCC3(CC2)OC(=O)C3(c2ccccc2)c2ccccc2)C1(c1ccccc1)c1ccccc1. The van der Waals surface area contributed by atoms with Crippen LogP contribution in [-0.4, -0.2) is 23.1 Å². The molecule has 0 atom stereocenters. The standard InChI is InChI=1S/C34H28O4/c35-29-33(25-13-5-1-6-14-25,26-15-7-2-8-16-26)31(37-29)21-23-32(24-22-31)34(30(36)38-32,27-17-9-3-10-18-27)28-19-11-4-12-20-28/h1-20H,21-24H2. The third kappa shape index (κ3) is 2.70. The molecule has 2 saturated heterocycles. The van der Waals surface area contributed by atoms with E-state index in [9.17, 15) is 9.59 Å². The van der Waals surface area contributed by atoms with E-state index in [0.29, 0.717) is 25.7 Å². The second-order valence-electron chi connectivity index (χ2n) is 10.7. The topological polar surface area (TPSA) is 52.6 Å². The highest BCUT2D eigenvalue weighted by Gasteiger charge is 2.77. The number of carbonyl (C=O) groups is 2. The normalized spacial score (nSPS) is 26.6. The van der Waals surface area contributed by atoms with Crippen LogP contribution in [0, 0.1) is 0 Å². The van der Waals surface area contributed by atoms with E-state index >= 15 is 0 Å². The van der Waals surface area contributed by atoms with Crippen LogP contribution >= 0.6 is 0 Å². The molecule has 4 heteroatoms. The molecule has 0 radical (unpaired) electrons. The summed E-state index contributed by atoms with van der Waals surface area (Å²) in [5.41, 5.74) is 0.573. The summed E-state index contributed by atoms with van der Waals surface area (Å²) < 4.78 is 12.4. The number of benzene rings is 4. The van der Waals surface area contributed by atoms with Gasteiger partial charge in [0.2, 0.25) is 0 Å². The van der Waals surface area contributed by atoms with Crippen molar-refractivity contribution in [1.29, 1.82) is 0 Å². The van der Waals surface area contributed by atoms with Crippen LogP contribution in [0.4, 0.5) is 0 Å². The van der Waals surface area contributed by atoms with Crippen molar-refractivity contribution < 1.29 is 19.1 Å². The van der Waals surface area contributed by atoms with E-state index in [2.05, 4.69) is 0 Å². The Labute approximate surface area is 222 Å². The first-order valence-electron chi connectivity index (χ1n) is 13.3. The summed E-state index contributed by atoms with van der Waals surface area (Å²) in [6, 6.07) is 39.9. The lowest BCUT2D eigenvalue weighted by Crippen LogP contribution is -2.77. The average molecular weight is 501 g/mol. The van der Waals surface area contributed by atoms with Gasteiger partial charge in [-0.1, -0.05) is 121 Å². The Morgan fingerprint density at radius 3 is 0.842 bits per heavy atom. The lowest BCUT2D eigenvalue weighted by Gasteiger charge is -2.65. The number of hydrogen-bond donors (Lipinski definition) is 0. The fourth-order valence-electron chi connectivity index (χ4n) is 7.56. The Morgan fingerprint density at radius 1 is 0.395 bits per heavy atom. The third-order valence-corrected chi connectivity index (χ3v) is 9.25. The van der Waals surface area contributed by atoms with E-state index in [1.807, 2.05) is 121 Å². The molecule has 2 aliphatic heterocycles. The van der Waals surface area contributed by atoms with Crippen LogP contribution in [0.2, 0.25) is 0 Å². The largest absolute Gasteiger partial charge is 0.456 e. The maximum atomic E-state index is 13.6. The summed E-state index contributed by atoms with van der Waals surface area (Å²) in [5.74, 6) is -0.428. The molecule has 0 aromatic heterocycles. The van der Waals surface area contributed by atoms with Gasteiger partial charge in [-0.2, -0.15) is 0 Å². The van der Waals surface area contributed by atoms with Gasteiger partial charge in [-0.05, 0) is 47.9 Å². The minimum absolute atomic E-state index is 0.214. The zero-order valence-corrected chi connectivity index (χ0v) is 21.0. The average Bonchev–Trinajstić information content (AvgIpc) is 2.97. The molecule has 1 aliphatic carbocycles. The maximum absolute atomic E-state index is 13.6. The zero-order chi connectivity index (χ0) is 25.8. The zero-order valence-electron chi connectivity index (χ0n) is 21.0. The van der Waals surface area contributed by atoms with Crippen LogP contribution in [0.25, 0.3) is 0 Å². The van der Waals surface area contributed by atoms with E-state index in [1.54, 1.807) is 0 Å². The van der Waals surface area contributed by atoms with E-state index in [4.69, 9.17) is 9.47 Å². The number of hydrogen-bond acceptors (Lipinski definition) is 4. The molecule has 4 nitrogen and oxygen atoms in total. The van der Waals surface area contributed by atoms with Gasteiger partial charge in [0, 0.05) is 0 Å². The Balaban J connectivity index is 1.34. The molecule has 3 aliphatic rings. The first kappa shape index (κ1) is 23.0. The molecule has 188 valence electrons. The first-order chi connectivity index (χ1) is 18.6. The van der Waals surface area contributed by atoms with E-state index in [0.717, 1.165) is 22.3 Å². The number of rotatable bonds is 4. The van der Waals surface area contributed by atoms with E-state index in [-0.39, 0.29) is 11.9 Å². The van der Waals surface area contributed by atoms with Crippen LogP contribution in [-0.2, 0) is 29.9 Å². The molecule has 1 saturated carbocycles. The highest BCUT2D eigenvalue weighted by atomic mass is 16.6. The monoisotopic (exact) mass is 500 g/mol. The first-order valence-corrected chi connectivity index (χ1v) is 13.3. The van der Waals surface area contributed by atoms with Crippen LogP contribution in [0.15, 0.2) is 121 Å². The fourth-order valence-corrected chi connectivity index (χ4v) is 7.56. The highest BCUT2D eigenvalue weighted by Crippen LogP contribution is 2.66. The van der Waals surface area contributed by atoms with Crippen molar-refractivity contribution in [2.24, 2.45) is 0 Å². The third-order valence-electron chi connectivity index (χ3n) is 9.25. The molecule has 2 spiro atoms. The van der Waals surface area contributed by atoms with Crippen LogP contribution < -0.4 is 0 Å². The lowest BCUT2D eigenvalue weighted by molar-refractivity contribution is -0.257. The highest BCUT2D eigenvalue weighted by molar-refractivity contribution is 5.97. The van der Waals surface area contributed by atoms with E-state index < -0.39 is 22.0 Å². The molecular formula is C34H28O4. The molecular weight excluding hydrogens is 472 g/mol. The fraction of sp³-hybridized carbons (Fsp3) is 0.235. The molecule has 0 bridgehead atoms. The van der Waals surface area contributed by atoms with Gasteiger partial charge >= 0.3 is 11.9 Å². The van der Waals surface area contributed by atoms with Crippen molar-refractivity contribution in [1.82, 2.24) is 0 Å². The summed E-state index contributed by atoms with van der Waals surface area (Å²) in [5, 5.41) is 0. The Kier molecular flexibility index (Phi) is 4.93. The van der Waals surface area contributed by atoms with Gasteiger partial charge in [-0.25, -0.2) is 0 Å². The lowest BCUT2D eigenvalue weighted by atomic mass is 9.48. The predicted octanol–water partition coefficient (Wildman–Crippen LogP) is 6.12. The summed E-state index contributed by atoms with van der Waals surface area (Å²) >= 11 is 0. The van der Waals surface area contributed by atoms with Gasteiger partial charge in [-0.3, -0.25) is 9.59 Å². The minimum Gasteiger partial charge on any atom is -0.456 e. The van der Waals surface area contributed by atoms with Crippen molar-refractivity contribution in [3.63, 3.8) is 0 Å². The van der Waals surface area contributed by atoms with E-state index in [1.165, 1.54) is 0 Å². The Bertz CT molecular complexity index is 1290. The summed E-state index contributed by atoms with van der Waals surface area (Å²) in [6.45, 7) is 0. The molecule has 7 rings (SSSR count). The second kappa shape index (κ2) is 8.16. The van der Waals surface area contributed by atoms with Crippen molar-refractivity contribution in [3.8, 4) is 0 Å². The smallest absolute Gasteiger partial charge is 0.325 e. The summed E-state index contributed by atoms with van der Waals surface area (Å²) in [6.07, 6.45) is 2.38. The summed E-state index contributed by atoms with van der Waals surface area (Å²) in [4.78, 5) is 27.2. The van der Waals surface area contributed by atoms with Crippen molar-refractivity contribution >= 4 is 11.9 Å².